The standard InChI is InChI=1S/C12H15NO3S2.HI/c1-10-13-11-6-2-3-7-12(11)17(10)8-4-5-9-18(14,15)16;/h2-3,6-7H,4-5,8-9H2,1H3;1H. The van der Waals surface area contributed by atoms with Gasteiger partial charge in [0, 0.05) is 29.2 Å². The van der Waals surface area contributed by atoms with E-state index in [0.717, 1.165) is 22.7 Å². The Bertz CT molecular complexity index is 652. The van der Waals surface area contributed by atoms with Gasteiger partial charge in [0.25, 0.3) is 0 Å². The second kappa shape index (κ2) is 6.96. The van der Waals surface area contributed by atoms with Crippen LogP contribution in [-0.4, -0.2) is 23.7 Å². The van der Waals surface area contributed by atoms with Gasteiger partial charge in [0.05, 0.1) is 10.1 Å². The Morgan fingerprint density at radius 2 is 1.95 bits per heavy atom. The van der Waals surface area contributed by atoms with Gasteiger partial charge in [-0.15, -0.1) is 24.0 Å². The lowest BCUT2D eigenvalue weighted by Gasteiger charge is -2.04. The highest BCUT2D eigenvalue weighted by Gasteiger charge is 2.18. The van der Waals surface area contributed by atoms with Crippen LogP contribution in [0.2, 0.25) is 0 Å². The number of aryl methyl sites for hydroxylation is 2. The zero-order valence-corrected chi connectivity index (χ0v) is 14.5. The average molecular weight is 413 g/mol. The zero-order valence-electron chi connectivity index (χ0n) is 10.5. The van der Waals surface area contributed by atoms with Crippen LogP contribution in [-0.2, 0) is 15.9 Å². The molecule has 106 valence electrons. The molecule has 0 radical (unpaired) electrons. The molecular weight excluding hydrogens is 397 g/mol. The third-order valence-corrected chi connectivity index (χ3v) is 5.92. The first-order valence-electron chi connectivity index (χ1n) is 5.76. The Labute approximate surface area is 133 Å². The molecule has 0 saturated carbocycles. The van der Waals surface area contributed by atoms with Crippen LogP contribution in [0.4, 0.5) is 0 Å². The fraction of sp³-hybridized carbons (Fsp3) is 0.417. The maximum Gasteiger partial charge on any atom is 0.240 e. The van der Waals surface area contributed by atoms with Crippen LogP contribution in [0.1, 0.15) is 17.8 Å². The molecule has 0 bridgehead atoms. The number of rotatable bonds is 5. The zero-order chi connectivity index (χ0) is 13.2. The monoisotopic (exact) mass is 413 g/mol. The number of halogens is 1. The molecule has 0 N–H and O–H groups in total. The predicted molar refractivity (Wildman–Crippen MR) is 88.2 cm³/mol. The van der Waals surface area contributed by atoms with Gasteiger partial charge in [-0.2, -0.15) is 4.98 Å². The topological polar surface area (TPSA) is 70.1 Å². The van der Waals surface area contributed by atoms with Gasteiger partial charge < -0.3 is 4.55 Å². The number of benzene rings is 1. The molecule has 2 aromatic rings. The van der Waals surface area contributed by atoms with Crippen molar-refractivity contribution >= 4 is 54.8 Å². The first kappa shape index (κ1) is 16.8. The summed E-state index contributed by atoms with van der Waals surface area (Å²) < 4.78 is 32.8. The molecule has 19 heavy (non-hydrogen) atoms. The SMILES string of the molecule is Cc1nc2ccccc2[s+]1CCCCS(=O)(=O)[O-].I. The van der Waals surface area contributed by atoms with Crippen LogP contribution in [0.3, 0.4) is 0 Å². The van der Waals surface area contributed by atoms with Crippen LogP contribution in [0, 0.1) is 6.92 Å². The number of aromatic nitrogens is 1. The van der Waals surface area contributed by atoms with E-state index in [1.165, 1.54) is 4.70 Å². The van der Waals surface area contributed by atoms with E-state index in [-0.39, 0.29) is 40.2 Å². The Kier molecular flexibility index (Phi) is 6.15. The molecule has 0 aliphatic rings. The largest absolute Gasteiger partial charge is 0.748 e. The molecule has 0 amide bonds. The van der Waals surface area contributed by atoms with E-state index in [4.69, 9.17) is 0 Å². The van der Waals surface area contributed by atoms with Crippen LogP contribution in [0.25, 0.3) is 10.2 Å². The number of para-hydroxylation sites is 1. The molecule has 1 heterocycles. The summed E-state index contributed by atoms with van der Waals surface area (Å²) in [6.45, 7) is 2.01. The van der Waals surface area contributed by atoms with Crippen LogP contribution >= 0.6 is 34.4 Å². The molecule has 1 aromatic heterocycles. The van der Waals surface area contributed by atoms with Crippen molar-refractivity contribution in [2.75, 3.05) is 5.75 Å². The van der Waals surface area contributed by atoms with Gasteiger partial charge in [0.15, 0.2) is 0 Å². The van der Waals surface area contributed by atoms with Gasteiger partial charge >= 0.3 is 0 Å². The molecule has 0 spiro atoms. The van der Waals surface area contributed by atoms with Crippen LogP contribution in [0.15, 0.2) is 24.3 Å². The summed E-state index contributed by atoms with van der Waals surface area (Å²) in [6, 6.07) is 8.03. The minimum Gasteiger partial charge on any atom is -0.748 e. The minimum atomic E-state index is -4.07. The van der Waals surface area contributed by atoms with Crippen LogP contribution in [0.5, 0.6) is 0 Å². The second-order valence-electron chi connectivity index (χ2n) is 4.16. The van der Waals surface area contributed by atoms with Crippen molar-refractivity contribution in [3.8, 4) is 0 Å². The van der Waals surface area contributed by atoms with Gasteiger partial charge in [-0.05, 0) is 18.9 Å². The Hall–Kier alpha value is -0.250. The van der Waals surface area contributed by atoms with Crippen molar-refractivity contribution in [1.29, 1.82) is 0 Å². The van der Waals surface area contributed by atoms with E-state index in [1.807, 2.05) is 25.1 Å². The summed E-state index contributed by atoms with van der Waals surface area (Å²) >= 11 is 0. The van der Waals surface area contributed by atoms with E-state index in [0.29, 0.717) is 6.42 Å². The van der Waals surface area contributed by atoms with Crippen LogP contribution < -0.4 is 0 Å². The fourth-order valence-electron chi connectivity index (χ4n) is 1.92. The van der Waals surface area contributed by atoms with Gasteiger partial charge in [-0.25, -0.2) is 8.42 Å². The summed E-state index contributed by atoms with van der Waals surface area (Å²) in [4.78, 5) is 4.51. The molecular formula is C12H16INO3S2. The molecule has 0 aliphatic heterocycles. The van der Waals surface area contributed by atoms with Crippen molar-refractivity contribution in [3.63, 3.8) is 0 Å². The van der Waals surface area contributed by atoms with E-state index in [2.05, 4.69) is 11.1 Å². The number of thiazole rings is 1. The maximum atomic E-state index is 10.5. The second-order valence-corrected chi connectivity index (χ2v) is 7.91. The highest BCUT2D eigenvalue weighted by atomic mass is 127. The first-order chi connectivity index (χ1) is 8.47. The molecule has 0 saturated heterocycles. The number of fused-ring (bicyclic) bond motifs is 1. The van der Waals surface area contributed by atoms with Gasteiger partial charge in [0.1, 0.15) is 11.3 Å². The Balaban J connectivity index is 0.00000180. The lowest BCUT2D eigenvalue weighted by Crippen LogP contribution is -2.03. The molecule has 4 nitrogen and oxygen atoms in total. The third kappa shape index (κ3) is 4.66. The summed E-state index contributed by atoms with van der Waals surface area (Å²) in [5.41, 5.74) is 1.02. The van der Waals surface area contributed by atoms with Crippen molar-refractivity contribution in [3.05, 3.63) is 29.3 Å². The molecule has 1 aromatic carbocycles. The van der Waals surface area contributed by atoms with E-state index < -0.39 is 10.1 Å². The van der Waals surface area contributed by atoms with Gasteiger partial charge in [-0.1, -0.05) is 12.1 Å². The smallest absolute Gasteiger partial charge is 0.240 e. The highest BCUT2D eigenvalue weighted by Crippen LogP contribution is 2.35. The first-order valence-corrected chi connectivity index (χ1v) is 8.73. The maximum absolute atomic E-state index is 10.5. The number of nitrogens with zero attached hydrogens (tertiary/aromatic N) is 1. The van der Waals surface area contributed by atoms with Gasteiger partial charge in [0.2, 0.25) is 9.71 Å². The molecule has 0 aliphatic carbocycles. The molecule has 1 unspecified atom stereocenters. The Morgan fingerprint density at radius 3 is 2.63 bits per heavy atom. The number of hydrogen-bond donors (Lipinski definition) is 0. The molecule has 2 rings (SSSR count). The summed E-state index contributed by atoms with van der Waals surface area (Å²) in [7, 11) is -4.09. The normalized spacial score (nSPS) is 12.4. The minimum absolute atomic E-state index is 0. The van der Waals surface area contributed by atoms with E-state index in [1.54, 1.807) is 0 Å². The van der Waals surface area contributed by atoms with E-state index >= 15 is 0 Å². The summed E-state index contributed by atoms with van der Waals surface area (Å²) in [6.07, 6.45) is 1.18. The number of hydrogen-bond acceptors (Lipinski definition) is 4. The fourth-order valence-corrected chi connectivity index (χ4v) is 4.63. The predicted octanol–water partition coefficient (Wildman–Crippen LogP) is 3.24. The summed E-state index contributed by atoms with van der Waals surface area (Å²) in [5, 5.41) is 1.10. The highest BCUT2D eigenvalue weighted by molar-refractivity contribution is 14.0. The lowest BCUT2D eigenvalue weighted by molar-refractivity contribution is 0.460. The quantitative estimate of drug-likeness (QED) is 0.327. The molecule has 7 heteroatoms. The summed E-state index contributed by atoms with van der Waals surface area (Å²) in [5.74, 6) is 0.615. The van der Waals surface area contributed by atoms with Crippen molar-refractivity contribution in [2.45, 2.75) is 25.5 Å². The van der Waals surface area contributed by atoms with Crippen molar-refractivity contribution < 1.29 is 13.0 Å². The number of unbranched alkanes of at least 4 members (excludes halogenated alkanes) is 1. The Morgan fingerprint density at radius 1 is 1.26 bits per heavy atom. The molecule has 0 fully saturated rings. The lowest BCUT2D eigenvalue weighted by atomic mass is 10.3. The van der Waals surface area contributed by atoms with Crippen molar-refractivity contribution in [1.82, 2.24) is 4.98 Å². The van der Waals surface area contributed by atoms with Gasteiger partial charge in [-0.3, -0.25) is 0 Å². The van der Waals surface area contributed by atoms with Crippen molar-refractivity contribution in [2.24, 2.45) is 0 Å². The molecule has 1 atom stereocenters. The third-order valence-electron chi connectivity index (χ3n) is 2.76. The van der Waals surface area contributed by atoms with E-state index in [9.17, 15) is 13.0 Å². The average Bonchev–Trinajstić information content (AvgIpc) is 2.59.